The lowest BCUT2D eigenvalue weighted by Crippen LogP contribution is -2.13. The Kier molecular flexibility index (Phi) is 2.74. The summed E-state index contributed by atoms with van der Waals surface area (Å²) in [6, 6.07) is 9.09. The number of pyridine rings is 1. The van der Waals surface area contributed by atoms with Gasteiger partial charge in [-0.15, -0.1) is 0 Å². The monoisotopic (exact) mass is 279 g/mol. The van der Waals surface area contributed by atoms with E-state index in [0.29, 0.717) is 5.69 Å². The average molecular weight is 279 g/mol. The summed E-state index contributed by atoms with van der Waals surface area (Å²) in [5.74, 6) is -0.388. The van der Waals surface area contributed by atoms with Crippen molar-refractivity contribution < 1.29 is 4.39 Å². The number of nitrogens with zero attached hydrogens (tertiary/aromatic N) is 4. The van der Waals surface area contributed by atoms with E-state index in [1.807, 2.05) is 6.07 Å². The van der Waals surface area contributed by atoms with Gasteiger partial charge in [-0.1, -0.05) is 0 Å². The highest BCUT2D eigenvalue weighted by Gasteiger charge is 2.16. The molecule has 0 bridgehead atoms. The zero-order valence-corrected chi connectivity index (χ0v) is 10.5. The van der Waals surface area contributed by atoms with Crippen LogP contribution in [0.1, 0.15) is 11.1 Å². The number of benzene rings is 1. The molecule has 0 amide bonds. The molecule has 3 rings (SSSR count). The first-order chi connectivity index (χ1) is 10.2. The van der Waals surface area contributed by atoms with Gasteiger partial charge in [-0.3, -0.25) is 9.36 Å². The number of aromatic nitrogens is 3. The standard InChI is InChI=1S/C14H6FN5O/c15-8-1-3-9(4-2-8)20-7-18-12-10(5-16)11(6-17)14(21)19-13(12)20/h1-4,7H,(H,19,21). The normalized spacial score (nSPS) is 10.2. The summed E-state index contributed by atoms with van der Waals surface area (Å²) in [5.41, 5.74) is 0.0696. The lowest BCUT2D eigenvalue weighted by atomic mass is 10.1. The van der Waals surface area contributed by atoms with Crippen LogP contribution in [0.2, 0.25) is 0 Å². The van der Waals surface area contributed by atoms with Crippen molar-refractivity contribution in [1.29, 1.82) is 10.5 Å². The number of aromatic amines is 1. The van der Waals surface area contributed by atoms with E-state index in [0.717, 1.165) is 0 Å². The fraction of sp³-hybridized carbons (Fsp3) is 0. The van der Waals surface area contributed by atoms with Crippen LogP contribution < -0.4 is 5.56 Å². The maximum Gasteiger partial charge on any atom is 0.268 e. The highest BCUT2D eigenvalue weighted by Crippen LogP contribution is 2.19. The van der Waals surface area contributed by atoms with Crippen molar-refractivity contribution in [2.45, 2.75) is 0 Å². The Morgan fingerprint density at radius 2 is 1.81 bits per heavy atom. The molecule has 1 N–H and O–H groups in total. The van der Waals surface area contributed by atoms with E-state index < -0.39 is 5.56 Å². The molecular weight excluding hydrogens is 273 g/mol. The van der Waals surface area contributed by atoms with Gasteiger partial charge in [-0.2, -0.15) is 10.5 Å². The molecule has 7 heteroatoms. The third-order valence-corrected chi connectivity index (χ3v) is 3.04. The maximum absolute atomic E-state index is 13.0. The molecule has 0 fully saturated rings. The topological polar surface area (TPSA) is 98.3 Å². The van der Waals surface area contributed by atoms with E-state index in [9.17, 15) is 9.18 Å². The second-order valence-electron chi connectivity index (χ2n) is 4.22. The highest BCUT2D eigenvalue weighted by atomic mass is 19.1. The lowest BCUT2D eigenvalue weighted by Gasteiger charge is -2.04. The third-order valence-electron chi connectivity index (χ3n) is 3.04. The van der Waals surface area contributed by atoms with Crippen LogP contribution in [0.4, 0.5) is 4.39 Å². The number of hydrogen-bond acceptors (Lipinski definition) is 4. The van der Waals surface area contributed by atoms with Crippen LogP contribution in [0.5, 0.6) is 0 Å². The first kappa shape index (κ1) is 12.6. The van der Waals surface area contributed by atoms with Crippen molar-refractivity contribution in [3.05, 3.63) is 57.9 Å². The summed E-state index contributed by atoms with van der Waals surface area (Å²) >= 11 is 0. The fourth-order valence-corrected chi connectivity index (χ4v) is 2.07. The molecule has 3 aromatic rings. The smallest absolute Gasteiger partial charge is 0.268 e. The van der Waals surface area contributed by atoms with Gasteiger partial charge in [0.2, 0.25) is 0 Å². The molecule has 0 aliphatic rings. The van der Waals surface area contributed by atoms with Gasteiger partial charge in [-0.05, 0) is 24.3 Å². The molecular formula is C14H6FN5O. The number of rotatable bonds is 1. The Hall–Kier alpha value is -3.45. The van der Waals surface area contributed by atoms with Crippen LogP contribution in [0.25, 0.3) is 16.9 Å². The lowest BCUT2D eigenvalue weighted by molar-refractivity contribution is 0.627. The second-order valence-corrected chi connectivity index (χ2v) is 4.22. The number of nitrogens with one attached hydrogen (secondary N) is 1. The minimum absolute atomic E-state index is 0.0721. The second kappa shape index (κ2) is 4.58. The average Bonchev–Trinajstić information content (AvgIpc) is 2.90. The minimum Gasteiger partial charge on any atom is -0.305 e. The Balaban J connectivity index is 2.37. The minimum atomic E-state index is -0.662. The van der Waals surface area contributed by atoms with Gasteiger partial charge in [-0.25, -0.2) is 9.37 Å². The van der Waals surface area contributed by atoms with Gasteiger partial charge >= 0.3 is 0 Å². The first-order valence-electron chi connectivity index (χ1n) is 5.85. The van der Waals surface area contributed by atoms with Crippen LogP contribution in [0.15, 0.2) is 35.4 Å². The van der Waals surface area contributed by atoms with E-state index in [-0.39, 0.29) is 28.1 Å². The van der Waals surface area contributed by atoms with Gasteiger partial charge in [0.25, 0.3) is 5.56 Å². The molecule has 0 radical (unpaired) electrons. The van der Waals surface area contributed by atoms with Crippen LogP contribution in [0.3, 0.4) is 0 Å². The van der Waals surface area contributed by atoms with Crippen molar-refractivity contribution in [2.75, 3.05) is 0 Å². The molecule has 100 valence electrons. The molecule has 0 aliphatic heterocycles. The van der Waals surface area contributed by atoms with Crippen molar-refractivity contribution in [2.24, 2.45) is 0 Å². The number of hydrogen-bond donors (Lipinski definition) is 1. The van der Waals surface area contributed by atoms with E-state index >= 15 is 0 Å². The maximum atomic E-state index is 13.0. The zero-order chi connectivity index (χ0) is 15.0. The van der Waals surface area contributed by atoms with E-state index in [2.05, 4.69) is 9.97 Å². The van der Waals surface area contributed by atoms with Gasteiger partial charge in [0.15, 0.2) is 0 Å². The molecule has 2 aromatic heterocycles. The van der Waals surface area contributed by atoms with Crippen LogP contribution in [-0.2, 0) is 0 Å². The molecule has 0 spiro atoms. The molecule has 1 aromatic carbocycles. The molecule has 0 unspecified atom stereocenters. The van der Waals surface area contributed by atoms with Crippen molar-refractivity contribution in [3.8, 4) is 17.8 Å². The molecule has 2 heterocycles. The number of imidazole rings is 1. The summed E-state index contributed by atoms with van der Waals surface area (Å²) in [7, 11) is 0. The SMILES string of the molecule is N#Cc1c(C#N)c2ncn(-c3ccc(F)cc3)c2[nH]c1=O. The molecule has 6 nitrogen and oxygen atoms in total. The van der Waals surface area contributed by atoms with E-state index in [1.54, 1.807) is 6.07 Å². The van der Waals surface area contributed by atoms with Crippen LogP contribution in [0, 0.1) is 28.5 Å². The zero-order valence-electron chi connectivity index (χ0n) is 10.5. The highest BCUT2D eigenvalue weighted by molar-refractivity contribution is 5.81. The van der Waals surface area contributed by atoms with E-state index in [4.69, 9.17) is 10.5 Å². The van der Waals surface area contributed by atoms with Gasteiger partial charge in [0.1, 0.15) is 46.6 Å². The first-order valence-corrected chi connectivity index (χ1v) is 5.85. The Labute approximate surface area is 117 Å². The van der Waals surface area contributed by atoms with Crippen molar-refractivity contribution >= 4 is 11.2 Å². The summed E-state index contributed by atoms with van der Waals surface area (Å²) in [5, 5.41) is 18.1. The van der Waals surface area contributed by atoms with Crippen LogP contribution >= 0.6 is 0 Å². The van der Waals surface area contributed by atoms with Crippen molar-refractivity contribution in [1.82, 2.24) is 14.5 Å². The third kappa shape index (κ3) is 1.85. The van der Waals surface area contributed by atoms with Gasteiger partial charge in [0, 0.05) is 5.69 Å². The molecule has 0 aliphatic carbocycles. The quantitative estimate of drug-likeness (QED) is 0.731. The summed E-state index contributed by atoms with van der Waals surface area (Å²) < 4.78 is 14.5. The largest absolute Gasteiger partial charge is 0.305 e. The molecule has 0 atom stereocenters. The molecule has 21 heavy (non-hydrogen) atoms. The Morgan fingerprint density at radius 3 is 2.43 bits per heavy atom. The van der Waals surface area contributed by atoms with Crippen molar-refractivity contribution in [3.63, 3.8) is 0 Å². The number of fused-ring (bicyclic) bond motifs is 1. The summed E-state index contributed by atoms with van der Waals surface area (Å²) in [6.07, 6.45) is 1.40. The molecule has 0 saturated carbocycles. The summed E-state index contributed by atoms with van der Waals surface area (Å²) in [4.78, 5) is 18.4. The fourth-order valence-electron chi connectivity index (χ4n) is 2.07. The van der Waals surface area contributed by atoms with Gasteiger partial charge in [0.05, 0.1) is 0 Å². The Bertz CT molecular complexity index is 986. The van der Waals surface area contributed by atoms with Gasteiger partial charge < -0.3 is 4.98 Å². The Morgan fingerprint density at radius 1 is 1.14 bits per heavy atom. The predicted molar refractivity (Wildman–Crippen MR) is 71.1 cm³/mol. The number of H-pyrrole nitrogens is 1. The molecule has 0 saturated heterocycles. The number of halogens is 1. The predicted octanol–water partition coefficient (Wildman–Crippen LogP) is 1.60. The van der Waals surface area contributed by atoms with E-state index in [1.165, 1.54) is 35.2 Å². The van der Waals surface area contributed by atoms with Crippen LogP contribution in [-0.4, -0.2) is 14.5 Å². The number of nitriles is 2. The summed E-state index contributed by atoms with van der Waals surface area (Å²) in [6.45, 7) is 0.